The van der Waals surface area contributed by atoms with Gasteiger partial charge in [0.25, 0.3) is 0 Å². The lowest BCUT2D eigenvalue weighted by atomic mass is 9.99. The normalized spacial score (nSPS) is 13.5. The molecule has 2 aromatic carbocycles. The number of fused-ring (bicyclic) bond motifs is 1. The van der Waals surface area contributed by atoms with E-state index in [1.54, 1.807) is 25.1 Å². The van der Waals surface area contributed by atoms with E-state index in [-0.39, 0.29) is 24.0 Å². The van der Waals surface area contributed by atoms with Gasteiger partial charge in [-0.15, -0.1) is 0 Å². The molecule has 0 spiro atoms. The third-order valence-electron chi connectivity index (χ3n) is 4.80. The van der Waals surface area contributed by atoms with Gasteiger partial charge < -0.3 is 9.32 Å². The van der Waals surface area contributed by atoms with Gasteiger partial charge in [-0.1, -0.05) is 36.4 Å². The van der Waals surface area contributed by atoms with Crippen molar-refractivity contribution in [1.82, 2.24) is 9.88 Å². The lowest BCUT2D eigenvalue weighted by Gasteiger charge is -2.28. The van der Waals surface area contributed by atoms with Gasteiger partial charge in [-0.2, -0.15) is 0 Å². The predicted molar refractivity (Wildman–Crippen MR) is 95.9 cm³/mol. The number of oxazole rings is 1. The van der Waals surface area contributed by atoms with Crippen LogP contribution in [0.5, 0.6) is 0 Å². The highest BCUT2D eigenvalue weighted by Crippen LogP contribution is 2.25. The van der Waals surface area contributed by atoms with Crippen molar-refractivity contribution in [2.24, 2.45) is 0 Å². The summed E-state index contributed by atoms with van der Waals surface area (Å²) in [6.07, 6.45) is 1.02. The van der Waals surface area contributed by atoms with Crippen LogP contribution in [0.25, 0.3) is 11.5 Å². The van der Waals surface area contributed by atoms with Crippen molar-refractivity contribution in [2.45, 2.75) is 26.3 Å². The summed E-state index contributed by atoms with van der Waals surface area (Å²) in [5, 5.41) is 0. The Balaban J connectivity index is 1.51. The van der Waals surface area contributed by atoms with Crippen molar-refractivity contribution in [3.63, 3.8) is 0 Å². The largest absolute Gasteiger partial charge is 0.441 e. The Morgan fingerprint density at radius 1 is 1.15 bits per heavy atom. The molecule has 1 aromatic heterocycles. The molecule has 0 N–H and O–H groups in total. The average molecular weight is 350 g/mol. The Morgan fingerprint density at radius 3 is 2.69 bits per heavy atom. The van der Waals surface area contributed by atoms with Gasteiger partial charge in [0, 0.05) is 13.1 Å². The first-order valence-corrected chi connectivity index (χ1v) is 8.67. The van der Waals surface area contributed by atoms with E-state index in [1.807, 2.05) is 17.0 Å². The van der Waals surface area contributed by atoms with Crippen LogP contribution in [0, 0.1) is 12.7 Å². The standard InChI is InChI=1S/C21H19FN2O2/c1-14-19(23-21(26-14)17-8-4-5-9-18(17)22)12-20(25)24-11-10-15-6-2-3-7-16(15)13-24/h2-9H,10-13H2,1H3. The van der Waals surface area contributed by atoms with Crippen LogP contribution in [0.2, 0.25) is 0 Å². The quantitative estimate of drug-likeness (QED) is 0.719. The number of amides is 1. The lowest BCUT2D eigenvalue weighted by Crippen LogP contribution is -2.37. The molecule has 0 saturated heterocycles. The summed E-state index contributed by atoms with van der Waals surface area (Å²) in [5.41, 5.74) is 3.36. The van der Waals surface area contributed by atoms with Crippen LogP contribution in [0.4, 0.5) is 4.39 Å². The molecule has 1 aliphatic rings. The van der Waals surface area contributed by atoms with Crippen molar-refractivity contribution >= 4 is 5.91 Å². The minimum atomic E-state index is -0.390. The molecule has 2 heterocycles. The summed E-state index contributed by atoms with van der Waals surface area (Å²) in [4.78, 5) is 18.9. The molecule has 0 saturated carbocycles. The molecule has 0 unspecified atom stereocenters. The molecule has 1 aliphatic heterocycles. The average Bonchev–Trinajstić information content (AvgIpc) is 3.02. The van der Waals surface area contributed by atoms with Crippen LogP contribution < -0.4 is 0 Å². The second-order valence-electron chi connectivity index (χ2n) is 6.51. The second kappa shape index (κ2) is 6.75. The fourth-order valence-electron chi connectivity index (χ4n) is 3.31. The lowest BCUT2D eigenvalue weighted by molar-refractivity contribution is -0.131. The molecule has 5 heteroatoms. The van der Waals surface area contributed by atoms with E-state index >= 15 is 0 Å². The maximum atomic E-state index is 13.9. The number of rotatable bonds is 3. The molecule has 0 bridgehead atoms. The van der Waals surface area contributed by atoms with Gasteiger partial charge in [-0.25, -0.2) is 9.37 Å². The molecule has 0 aliphatic carbocycles. The van der Waals surface area contributed by atoms with E-state index in [2.05, 4.69) is 17.1 Å². The monoisotopic (exact) mass is 350 g/mol. The molecule has 4 nitrogen and oxygen atoms in total. The van der Waals surface area contributed by atoms with Gasteiger partial charge in [-0.3, -0.25) is 4.79 Å². The third-order valence-corrected chi connectivity index (χ3v) is 4.80. The van der Waals surface area contributed by atoms with Gasteiger partial charge in [0.2, 0.25) is 11.8 Å². The van der Waals surface area contributed by atoms with Crippen LogP contribution >= 0.6 is 0 Å². The summed E-state index contributed by atoms with van der Waals surface area (Å²) < 4.78 is 19.5. The minimum Gasteiger partial charge on any atom is -0.441 e. The molecule has 132 valence electrons. The SMILES string of the molecule is Cc1oc(-c2ccccc2F)nc1CC(=O)N1CCc2ccccc2C1. The molecule has 1 amide bonds. The number of hydrogen-bond donors (Lipinski definition) is 0. The maximum absolute atomic E-state index is 13.9. The smallest absolute Gasteiger partial charge is 0.229 e. The Bertz CT molecular complexity index is 964. The van der Waals surface area contributed by atoms with E-state index in [9.17, 15) is 9.18 Å². The zero-order valence-corrected chi connectivity index (χ0v) is 14.5. The van der Waals surface area contributed by atoms with Gasteiger partial charge >= 0.3 is 0 Å². The van der Waals surface area contributed by atoms with E-state index in [0.29, 0.717) is 30.1 Å². The van der Waals surface area contributed by atoms with Crippen molar-refractivity contribution in [2.75, 3.05) is 6.54 Å². The summed E-state index contributed by atoms with van der Waals surface area (Å²) in [5.74, 6) is 0.386. The third kappa shape index (κ3) is 3.12. The van der Waals surface area contributed by atoms with E-state index in [1.165, 1.54) is 17.2 Å². The molecule has 0 radical (unpaired) electrons. The first kappa shape index (κ1) is 16.5. The Labute approximate surface area is 151 Å². The van der Waals surface area contributed by atoms with Crippen LogP contribution in [-0.4, -0.2) is 22.3 Å². The number of aryl methyl sites for hydroxylation is 1. The van der Waals surface area contributed by atoms with Crippen LogP contribution in [0.3, 0.4) is 0 Å². The highest BCUT2D eigenvalue weighted by atomic mass is 19.1. The Hall–Kier alpha value is -2.95. The number of benzene rings is 2. The van der Waals surface area contributed by atoms with Crippen molar-refractivity contribution in [1.29, 1.82) is 0 Å². The van der Waals surface area contributed by atoms with Crippen LogP contribution in [-0.2, 0) is 24.2 Å². The Morgan fingerprint density at radius 2 is 1.88 bits per heavy atom. The van der Waals surface area contributed by atoms with Gasteiger partial charge in [-0.05, 0) is 36.6 Å². The predicted octanol–water partition coefficient (Wildman–Crippen LogP) is 3.92. The summed E-state index contributed by atoms with van der Waals surface area (Å²) in [6.45, 7) is 3.07. The molecule has 3 aromatic rings. The van der Waals surface area contributed by atoms with Crippen LogP contribution in [0.1, 0.15) is 22.6 Å². The Kier molecular flexibility index (Phi) is 4.29. The zero-order chi connectivity index (χ0) is 18.1. The number of nitrogens with zero attached hydrogens (tertiary/aromatic N) is 2. The first-order chi connectivity index (χ1) is 12.6. The highest BCUT2D eigenvalue weighted by Gasteiger charge is 2.23. The second-order valence-corrected chi connectivity index (χ2v) is 6.51. The van der Waals surface area contributed by atoms with Crippen LogP contribution in [0.15, 0.2) is 52.9 Å². The summed E-state index contributed by atoms with van der Waals surface area (Å²) >= 11 is 0. The summed E-state index contributed by atoms with van der Waals surface area (Å²) in [7, 11) is 0. The first-order valence-electron chi connectivity index (χ1n) is 8.67. The van der Waals surface area contributed by atoms with Crippen molar-refractivity contribution in [3.05, 3.63) is 76.9 Å². The number of aromatic nitrogens is 1. The minimum absolute atomic E-state index is 0.0102. The van der Waals surface area contributed by atoms with Crippen molar-refractivity contribution < 1.29 is 13.6 Å². The molecule has 26 heavy (non-hydrogen) atoms. The highest BCUT2D eigenvalue weighted by molar-refractivity contribution is 5.79. The number of carbonyl (C=O) groups is 1. The number of carbonyl (C=O) groups excluding carboxylic acids is 1. The molecule has 4 rings (SSSR count). The fraction of sp³-hybridized carbons (Fsp3) is 0.238. The topological polar surface area (TPSA) is 46.3 Å². The van der Waals surface area contributed by atoms with E-state index < -0.39 is 0 Å². The van der Waals surface area contributed by atoms with Gasteiger partial charge in [0.15, 0.2) is 0 Å². The van der Waals surface area contributed by atoms with Gasteiger partial charge in [0.1, 0.15) is 11.6 Å². The van der Waals surface area contributed by atoms with Crippen molar-refractivity contribution in [3.8, 4) is 11.5 Å². The number of hydrogen-bond acceptors (Lipinski definition) is 3. The molecular formula is C21H19FN2O2. The summed E-state index contributed by atoms with van der Waals surface area (Å²) in [6, 6.07) is 14.5. The number of halogens is 1. The maximum Gasteiger partial charge on any atom is 0.229 e. The van der Waals surface area contributed by atoms with E-state index in [4.69, 9.17) is 4.42 Å². The van der Waals surface area contributed by atoms with E-state index in [0.717, 1.165) is 6.42 Å². The fourth-order valence-corrected chi connectivity index (χ4v) is 3.31. The molecule has 0 atom stereocenters. The molecular weight excluding hydrogens is 331 g/mol. The molecule has 0 fully saturated rings. The zero-order valence-electron chi connectivity index (χ0n) is 14.5. The van der Waals surface area contributed by atoms with Gasteiger partial charge in [0.05, 0.1) is 17.7 Å².